The fraction of sp³-hybridized carbons (Fsp3) is 0.517. The number of nitrogens with two attached hydrogens (primary N) is 1. The second-order valence-corrected chi connectivity index (χ2v) is 13.9. The van der Waals surface area contributed by atoms with E-state index in [4.69, 9.17) is 20.0 Å². The summed E-state index contributed by atoms with van der Waals surface area (Å²) in [6.45, 7) is 6.31. The highest BCUT2D eigenvalue weighted by atomic mass is 127. The number of nitrogens with one attached hydrogen (secondary N) is 1. The molecule has 2 atom stereocenters. The van der Waals surface area contributed by atoms with Gasteiger partial charge in [-0.15, -0.1) is 11.8 Å². The molecule has 45 heavy (non-hydrogen) atoms. The summed E-state index contributed by atoms with van der Waals surface area (Å²) in [5, 5.41) is 6.19. The van der Waals surface area contributed by atoms with Crippen molar-refractivity contribution in [2.24, 2.45) is 10.6 Å². The Morgan fingerprint density at radius 2 is 1.87 bits per heavy atom. The van der Waals surface area contributed by atoms with Crippen molar-refractivity contribution >= 4 is 51.9 Å². The molecule has 7 rings (SSSR count). The van der Waals surface area contributed by atoms with Crippen molar-refractivity contribution in [2.75, 3.05) is 51.9 Å². The lowest BCUT2D eigenvalue weighted by Crippen LogP contribution is -3.00. The lowest BCUT2D eigenvalue weighted by Gasteiger charge is -2.55. The van der Waals surface area contributed by atoms with E-state index < -0.39 is 29.2 Å². The van der Waals surface area contributed by atoms with Crippen LogP contribution in [0.25, 0.3) is 0 Å². The molecule has 16 heteroatoms. The quantitative estimate of drug-likeness (QED) is 0.0760. The molecule has 0 spiro atoms. The number of quaternary nitrogens is 1. The maximum absolute atomic E-state index is 13.8. The zero-order valence-electron chi connectivity index (χ0n) is 25.3. The number of β-lactam (4-membered cyclic amide) rings is 1. The zero-order valence-corrected chi connectivity index (χ0v) is 29.1. The Morgan fingerprint density at radius 1 is 1.18 bits per heavy atom. The van der Waals surface area contributed by atoms with Gasteiger partial charge in [-0.1, -0.05) is 24.2 Å². The number of nitrogen functional groups attached to an aromatic ring is 1. The number of amides is 2. The van der Waals surface area contributed by atoms with Crippen LogP contribution < -0.4 is 39.8 Å². The first-order valence-corrected chi connectivity index (χ1v) is 16.3. The number of carbonyl (C=O) groups is 3. The number of hydrogen-bond donors (Lipinski definition) is 2. The molecule has 2 bridgehead atoms. The number of ether oxygens (including phenoxy) is 2. The number of halogens is 1. The first kappa shape index (κ1) is 33.4. The number of benzene rings is 1. The Balaban J connectivity index is 0.00000400. The maximum atomic E-state index is 13.8. The minimum Gasteiger partial charge on any atom is -1.00 e. The van der Waals surface area contributed by atoms with Crippen LogP contribution in [0.3, 0.4) is 0 Å². The molecular weight excluding hydrogens is 733 g/mol. The van der Waals surface area contributed by atoms with Crippen molar-refractivity contribution in [2.45, 2.75) is 44.2 Å². The van der Waals surface area contributed by atoms with Gasteiger partial charge in [0.2, 0.25) is 11.5 Å². The molecule has 4 fully saturated rings. The van der Waals surface area contributed by atoms with Crippen molar-refractivity contribution < 1.29 is 57.2 Å². The number of nitrogens with zero attached hydrogens (tertiary/aromatic N) is 5. The smallest absolute Gasteiger partial charge is 0.355 e. The number of aromatic nitrogens is 2. The van der Waals surface area contributed by atoms with E-state index in [1.165, 1.54) is 23.8 Å². The van der Waals surface area contributed by atoms with Gasteiger partial charge >= 0.3 is 5.97 Å². The van der Waals surface area contributed by atoms with Crippen molar-refractivity contribution in [1.82, 2.24) is 19.6 Å². The number of fused-ring (bicyclic) bond motifs is 4. The Labute approximate surface area is 286 Å². The number of methoxy groups -OCH3 is 1. The molecule has 2 aromatic rings. The predicted molar refractivity (Wildman–Crippen MR) is 164 cm³/mol. The van der Waals surface area contributed by atoms with E-state index in [2.05, 4.69) is 26.8 Å². The standard InChI is InChI=1S/C29H35N7O6S2.HI/c1-29-8-11-36(12-9-29,13-10-29)14-18-16-43-26-21(31-24(37)20(33-41-3)23-32-28(30)44-34-23)25(38)35(26)22(18)27(39)42-15-17-4-6-19(40-2)7-5-17;/h4-7,21,26H,8-16H2,1-3H3,(H2-,30,31,32,34,37);1H/b33-20+;/t21-,26-,29?,36?;/m1./s1. The molecule has 0 unspecified atom stereocenters. The zero-order chi connectivity index (χ0) is 31.1. The fourth-order valence-electron chi connectivity index (χ4n) is 6.42. The van der Waals surface area contributed by atoms with Gasteiger partial charge < -0.3 is 53.8 Å². The molecule has 242 valence electrons. The molecule has 13 nitrogen and oxygen atoms in total. The molecule has 4 saturated heterocycles. The maximum Gasteiger partial charge on any atom is 0.355 e. The number of thioether (sulfide) groups is 1. The molecule has 0 radical (unpaired) electrons. The lowest BCUT2D eigenvalue weighted by molar-refractivity contribution is -0.941. The minimum atomic E-state index is -0.880. The molecular formula is C29H36IN7O6S2. The Kier molecular flexibility index (Phi) is 9.96. The van der Waals surface area contributed by atoms with E-state index in [-0.39, 0.29) is 47.3 Å². The van der Waals surface area contributed by atoms with Crippen LogP contribution in [0.15, 0.2) is 40.7 Å². The number of carbonyl (C=O) groups excluding carboxylic acids is 3. The molecule has 5 aliphatic rings. The van der Waals surface area contributed by atoms with E-state index in [0.29, 0.717) is 29.2 Å². The molecule has 5 aliphatic heterocycles. The average Bonchev–Trinajstić information content (AvgIpc) is 3.47. The number of anilines is 1. The molecule has 0 aliphatic carbocycles. The van der Waals surface area contributed by atoms with Crippen LogP contribution in [0, 0.1) is 5.41 Å². The number of esters is 1. The summed E-state index contributed by atoms with van der Waals surface area (Å²) in [6.07, 6.45) is 3.48. The lowest BCUT2D eigenvalue weighted by atomic mass is 9.72. The van der Waals surface area contributed by atoms with Gasteiger partial charge in [0.05, 0.1) is 26.7 Å². The largest absolute Gasteiger partial charge is 1.00 e. The second-order valence-electron chi connectivity index (χ2n) is 12.0. The van der Waals surface area contributed by atoms with Gasteiger partial charge in [-0.2, -0.15) is 9.36 Å². The van der Waals surface area contributed by atoms with Gasteiger partial charge in [-0.3, -0.25) is 14.5 Å². The summed E-state index contributed by atoms with van der Waals surface area (Å²) in [6, 6.07) is 6.40. The van der Waals surface area contributed by atoms with Crippen LogP contribution in [0.5, 0.6) is 5.75 Å². The van der Waals surface area contributed by atoms with Gasteiger partial charge in [0.15, 0.2) is 5.13 Å². The van der Waals surface area contributed by atoms with Crippen LogP contribution in [0.4, 0.5) is 5.13 Å². The minimum absolute atomic E-state index is 0. The number of rotatable bonds is 10. The summed E-state index contributed by atoms with van der Waals surface area (Å²) in [5.41, 5.74) is 7.91. The monoisotopic (exact) mass is 769 g/mol. The van der Waals surface area contributed by atoms with E-state index in [1.54, 1.807) is 19.2 Å². The summed E-state index contributed by atoms with van der Waals surface area (Å²) >= 11 is 2.45. The summed E-state index contributed by atoms with van der Waals surface area (Å²) in [4.78, 5) is 51.0. The fourth-order valence-corrected chi connectivity index (χ4v) is 8.19. The average molecular weight is 770 g/mol. The topological polar surface area (TPSA) is 158 Å². The van der Waals surface area contributed by atoms with Crippen LogP contribution in [-0.4, -0.2) is 99.8 Å². The SMILES string of the molecule is CO/N=C(/C(=O)N[C@@H]1C(=O)N2C(C(=O)OCc3ccc(OC)cc3)=C(C[N+]34CCC(C)(CC3)CC4)CS[C@H]12)c1nsc(N)n1.[I-]. The highest BCUT2D eigenvalue weighted by molar-refractivity contribution is 8.00. The van der Waals surface area contributed by atoms with E-state index >= 15 is 0 Å². The van der Waals surface area contributed by atoms with Gasteiger partial charge in [0.25, 0.3) is 11.8 Å². The number of hydrogen-bond acceptors (Lipinski definition) is 12. The first-order chi connectivity index (χ1) is 21.1. The van der Waals surface area contributed by atoms with Gasteiger partial charge in [-0.05, 0) is 23.1 Å². The van der Waals surface area contributed by atoms with Gasteiger partial charge in [0, 0.05) is 42.1 Å². The Hall–Kier alpha value is -2.96. The summed E-state index contributed by atoms with van der Waals surface area (Å²) < 4.78 is 16.0. The summed E-state index contributed by atoms with van der Waals surface area (Å²) in [7, 11) is 2.89. The third-order valence-corrected chi connectivity index (χ3v) is 11.1. The van der Waals surface area contributed by atoms with Crippen molar-refractivity contribution in [3.8, 4) is 5.75 Å². The number of oxime groups is 1. The molecule has 2 amide bonds. The molecule has 1 aromatic carbocycles. The molecule has 6 heterocycles. The first-order valence-electron chi connectivity index (χ1n) is 14.5. The Morgan fingerprint density at radius 3 is 2.47 bits per heavy atom. The van der Waals surface area contributed by atoms with Crippen LogP contribution in [0.1, 0.15) is 37.6 Å². The highest BCUT2D eigenvalue weighted by Crippen LogP contribution is 2.46. The summed E-state index contributed by atoms with van der Waals surface area (Å²) in [5.74, 6) is -0.349. The molecule has 0 saturated carbocycles. The van der Waals surface area contributed by atoms with E-state index in [0.717, 1.165) is 66.0 Å². The van der Waals surface area contributed by atoms with E-state index in [9.17, 15) is 14.4 Å². The third-order valence-electron chi connectivity index (χ3n) is 9.20. The second kappa shape index (κ2) is 13.4. The van der Waals surface area contributed by atoms with Crippen LogP contribution in [-0.2, 0) is 30.6 Å². The van der Waals surface area contributed by atoms with Gasteiger partial charge in [-0.25, -0.2) is 4.79 Å². The Bertz CT molecular complexity index is 1510. The normalized spacial score (nSPS) is 27.2. The van der Waals surface area contributed by atoms with Crippen LogP contribution >= 0.6 is 23.3 Å². The number of piperidine rings is 3. The predicted octanol–water partition coefficient (Wildman–Crippen LogP) is -1.10. The molecule has 3 N–H and O–H groups in total. The third kappa shape index (κ3) is 6.64. The molecule has 1 aromatic heterocycles. The van der Waals surface area contributed by atoms with E-state index in [1.807, 2.05) is 12.1 Å². The van der Waals surface area contributed by atoms with Crippen molar-refractivity contribution in [3.63, 3.8) is 0 Å². The highest BCUT2D eigenvalue weighted by Gasteiger charge is 2.56. The van der Waals surface area contributed by atoms with Crippen LogP contribution in [0.2, 0.25) is 0 Å². The van der Waals surface area contributed by atoms with Crippen molar-refractivity contribution in [1.29, 1.82) is 0 Å². The van der Waals surface area contributed by atoms with Crippen molar-refractivity contribution in [3.05, 3.63) is 46.9 Å². The van der Waals surface area contributed by atoms with Gasteiger partial charge in [0.1, 0.15) is 43.1 Å².